The van der Waals surface area contributed by atoms with Crippen LogP contribution in [0.5, 0.6) is 0 Å². The van der Waals surface area contributed by atoms with E-state index in [9.17, 15) is 36.7 Å². The Morgan fingerprint density at radius 1 is 1.08 bits per heavy atom. The fourth-order valence-corrected chi connectivity index (χ4v) is 3.27. The largest absolute Gasteiger partial charge is 0.490 e. The van der Waals surface area contributed by atoms with Crippen LogP contribution in [0, 0.1) is 19.7 Å². The first-order chi connectivity index (χ1) is 17.1. The predicted molar refractivity (Wildman–Crippen MR) is 117 cm³/mol. The summed E-state index contributed by atoms with van der Waals surface area (Å²) in [5.41, 5.74) is 2.03. The van der Waals surface area contributed by atoms with Crippen LogP contribution >= 0.6 is 0 Å². The number of carboxylic acids is 2. The van der Waals surface area contributed by atoms with Crippen LogP contribution in [-0.2, 0) is 20.8 Å². The van der Waals surface area contributed by atoms with E-state index in [0.29, 0.717) is 16.8 Å². The van der Waals surface area contributed by atoms with Crippen LogP contribution in [0.4, 0.5) is 17.6 Å². The number of carbonyl (C=O) groups excluding carboxylic acids is 2. The lowest BCUT2D eigenvalue weighted by atomic mass is 10.0. The lowest BCUT2D eigenvalue weighted by Gasteiger charge is -2.33. The van der Waals surface area contributed by atoms with Crippen molar-refractivity contribution in [2.45, 2.75) is 26.4 Å². The van der Waals surface area contributed by atoms with Crippen molar-refractivity contribution in [2.24, 2.45) is 0 Å². The molecule has 1 aliphatic heterocycles. The van der Waals surface area contributed by atoms with Gasteiger partial charge < -0.3 is 20.0 Å². The Labute approximate surface area is 206 Å². The molecule has 11 nitrogen and oxygen atoms in total. The summed E-state index contributed by atoms with van der Waals surface area (Å²) in [4.78, 5) is 58.6. The highest BCUT2D eigenvalue weighted by Gasteiger charge is 2.38. The van der Waals surface area contributed by atoms with Crippen LogP contribution in [0.2, 0.25) is 0 Å². The third-order valence-electron chi connectivity index (χ3n) is 5.44. The maximum absolute atomic E-state index is 14.4. The zero-order valence-corrected chi connectivity index (χ0v) is 19.6. The summed E-state index contributed by atoms with van der Waals surface area (Å²) in [6.07, 6.45) is -4.80. The van der Waals surface area contributed by atoms with Gasteiger partial charge >= 0.3 is 18.1 Å². The molecule has 2 heterocycles. The summed E-state index contributed by atoms with van der Waals surface area (Å²) in [6, 6.07) is 4.12. The van der Waals surface area contributed by atoms with Crippen molar-refractivity contribution in [2.75, 3.05) is 26.2 Å². The third kappa shape index (κ3) is 7.59. The number of aromatic amines is 1. The van der Waals surface area contributed by atoms with Crippen LogP contribution in [0.1, 0.15) is 32.7 Å². The van der Waals surface area contributed by atoms with Crippen molar-refractivity contribution >= 4 is 23.8 Å². The van der Waals surface area contributed by atoms with Crippen LogP contribution in [0.3, 0.4) is 0 Å². The number of aromatic nitrogens is 2. The van der Waals surface area contributed by atoms with E-state index in [-0.39, 0.29) is 37.2 Å². The summed E-state index contributed by atoms with van der Waals surface area (Å²) < 4.78 is 46.1. The normalized spacial score (nSPS) is 13.6. The number of aliphatic carboxylic acids is 2. The number of benzene rings is 1. The molecule has 0 bridgehead atoms. The fourth-order valence-electron chi connectivity index (χ4n) is 3.27. The first-order valence-corrected chi connectivity index (χ1v) is 10.5. The molecule has 3 N–H and O–H groups in total. The first-order valence-electron chi connectivity index (χ1n) is 10.5. The zero-order chi connectivity index (χ0) is 28.1. The molecule has 2 aromatic rings. The second kappa shape index (κ2) is 11.6. The molecule has 0 aliphatic carbocycles. The number of piperazine rings is 1. The third-order valence-corrected chi connectivity index (χ3v) is 5.44. The number of carboxylic acid groups (broad SMARTS) is 2. The Morgan fingerprint density at radius 2 is 1.70 bits per heavy atom. The average molecular weight is 530 g/mol. The monoisotopic (exact) mass is 530 g/mol. The van der Waals surface area contributed by atoms with Crippen molar-refractivity contribution in [3.05, 3.63) is 62.3 Å². The summed E-state index contributed by atoms with van der Waals surface area (Å²) in [5.74, 6) is -5.75. The van der Waals surface area contributed by atoms with Gasteiger partial charge in [-0.3, -0.25) is 19.2 Å². The van der Waals surface area contributed by atoms with E-state index in [4.69, 9.17) is 15.0 Å². The topological polar surface area (TPSA) is 161 Å². The fraction of sp³-hybridized carbons (Fsp3) is 0.364. The lowest BCUT2D eigenvalue weighted by Crippen LogP contribution is -2.53. The van der Waals surface area contributed by atoms with Gasteiger partial charge in [-0.25, -0.2) is 14.3 Å². The van der Waals surface area contributed by atoms with E-state index in [1.54, 1.807) is 13.8 Å². The summed E-state index contributed by atoms with van der Waals surface area (Å²) in [7, 11) is 0. The van der Waals surface area contributed by atoms with E-state index >= 15 is 0 Å². The highest BCUT2D eigenvalue weighted by molar-refractivity contribution is 5.97. The number of hydrogen-bond donors (Lipinski definition) is 3. The molecule has 1 aliphatic rings. The van der Waals surface area contributed by atoms with Gasteiger partial charge in [-0.2, -0.15) is 18.3 Å². The Bertz CT molecular complexity index is 1280. The number of hydrogen-bond acceptors (Lipinski definition) is 6. The van der Waals surface area contributed by atoms with Crippen LogP contribution in [-0.4, -0.2) is 86.3 Å². The zero-order valence-electron chi connectivity index (χ0n) is 19.6. The quantitative estimate of drug-likeness (QED) is 0.485. The molecule has 1 aromatic carbocycles. The average Bonchev–Trinajstić information content (AvgIpc) is 2.81. The lowest BCUT2D eigenvalue weighted by molar-refractivity contribution is -0.192. The molecule has 2 amide bonds. The molecule has 1 fully saturated rings. The number of H-pyrrole nitrogens is 1. The van der Waals surface area contributed by atoms with E-state index in [1.807, 2.05) is 0 Å². The Balaban J connectivity index is 0.000000604. The molecule has 1 aromatic heterocycles. The molecule has 200 valence electrons. The maximum Gasteiger partial charge on any atom is 0.490 e. The van der Waals surface area contributed by atoms with Crippen LogP contribution < -0.4 is 5.56 Å². The van der Waals surface area contributed by atoms with Crippen LogP contribution in [0.25, 0.3) is 0 Å². The Hall–Kier alpha value is -4.30. The minimum atomic E-state index is -5.08. The van der Waals surface area contributed by atoms with E-state index in [0.717, 1.165) is 10.5 Å². The summed E-state index contributed by atoms with van der Waals surface area (Å²) in [5, 5.41) is 22.4. The molecule has 0 spiro atoms. The standard InChI is InChI=1S/C20H21FN4O5.C2HF3O2/c1-11-12(2)19(29)23-22-16(11)8-13-3-4-15(21)14(7-13)20(30)25-6-5-24(10-18(27)28)17(26)9-25;3-2(4,5)1(6)7/h3-4,7H,5-6,8-10H2,1-2H3,(H,23,29)(H,27,28);(H,6,7). The Kier molecular flexibility index (Phi) is 9.09. The van der Waals surface area contributed by atoms with Gasteiger partial charge in [0.05, 0.1) is 11.3 Å². The van der Waals surface area contributed by atoms with Gasteiger partial charge in [-0.15, -0.1) is 0 Å². The van der Waals surface area contributed by atoms with Crippen LogP contribution in [0.15, 0.2) is 23.0 Å². The minimum absolute atomic E-state index is 0.0674. The van der Waals surface area contributed by atoms with Gasteiger partial charge in [0, 0.05) is 25.1 Å². The number of carbonyl (C=O) groups is 4. The van der Waals surface area contributed by atoms with Gasteiger partial charge in [0.1, 0.15) is 18.9 Å². The van der Waals surface area contributed by atoms with Gasteiger partial charge in [-0.05, 0) is 37.1 Å². The minimum Gasteiger partial charge on any atom is -0.480 e. The van der Waals surface area contributed by atoms with Gasteiger partial charge in [0.2, 0.25) is 5.91 Å². The van der Waals surface area contributed by atoms with E-state index in [1.165, 1.54) is 23.1 Å². The SMILES string of the molecule is Cc1c(Cc2ccc(F)c(C(=O)N3CCN(CC(=O)O)C(=O)C3)c2)n[nH]c(=O)c1C.O=C(O)C(F)(F)F. The molecule has 3 rings (SSSR count). The number of alkyl halides is 3. The second-order valence-corrected chi connectivity index (χ2v) is 7.98. The number of nitrogens with one attached hydrogen (secondary N) is 1. The molecule has 1 saturated heterocycles. The molecule has 0 unspecified atom stereocenters. The molecule has 37 heavy (non-hydrogen) atoms. The molecule has 0 radical (unpaired) electrons. The number of nitrogens with zero attached hydrogens (tertiary/aromatic N) is 3. The highest BCUT2D eigenvalue weighted by atomic mass is 19.4. The van der Waals surface area contributed by atoms with Crippen molar-refractivity contribution in [1.29, 1.82) is 0 Å². The van der Waals surface area contributed by atoms with Crippen molar-refractivity contribution < 1.29 is 47.0 Å². The van der Waals surface area contributed by atoms with Gasteiger partial charge in [-0.1, -0.05) is 6.07 Å². The second-order valence-electron chi connectivity index (χ2n) is 7.98. The summed E-state index contributed by atoms with van der Waals surface area (Å²) in [6.45, 7) is 2.88. The van der Waals surface area contributed by atoms with Gasteiger partial charge in [0.15, 0.2) is 0 Å². The van der Waals surface area contributed by atoms with Crippen molar-refractivity contribution in [3.8, 4) is 0 Å². The number of halogens is 4. The van der Waals surface area contributed by atoms with E-state index < -0.39 is 42.3 Å². The van der Waals surface area contributed by atoms with Crippen molar-refractivity contribution in [3.63, 3.8) is 0 Å². The maximum atomic E-state index is 14.4. The molecule has 15 heteroatoms. The molecule has 0 atom stereocenters. The molecular weight excluding hydrogens is 508 g/mol. The van der Waals surface area contributed by atoms with E-state index in [2.05, 4.69) is 10.2 Å². The van der Waals surface area contributed by atoms with Crippen molar-refractivity contribution in [1.82, 2.24) is 20.0 Å². The molecular formula is C22H22F4N4O7. The highest BCUT2D eigenvalue weighted by Crippen LogP contribution is 2.18. The number of rotatable bonds is 5. The smallest absolute Gasteiger partial charge is 0.480 e. The molecule has 0 saturated carbocycles. The number of amides is 2. The summed E-state index contributed by atoms with van der Waals surface area (Å²) >= 11 is 0. The van der Waals surface area contributed by atoms with Gasteiger partial charge in [0.25, 0.3) is 11.5 Å². The first kappa shape index (κ1) is 28.9. The predicted octanol–water partition coefficient (Wildman–Crippen LogP) is 1.12. The Morgan fingerprint density at radius 3 is 2.24 bits per heavy atom.